The van der Waals surface area contributed by atoms with Crippen molar-refractivity contribution in [2.24, 2.45) is 0 Å². The van der Waals surface area contributed by atoms with Gasteiger partial charge >= 0.3 is 0 Å². The molecule has 2 N–H and O–H groups in total. The third-order valence-electron chi connectivity index (χ3n) is 4.57. The van der Waals surface area contributed by atoms with Crippen LogP contribution in [-0.2, 0) is 6.54 Å². The average Bonchev–Trinajstić information content (AvgIpc) is 2.92. The van der Waals surface area contributed by atoms with Crippen LogP contribution in [0.2, 0.25) is 0 Å². The predicted molar refractivity (Wildman–Crippen MR) is 91.9 cm³/mol. The summed E-state index contributed by atoms with van der Waals surface area (Å²) in [6, 6.07) is 8.12. The third kappa shape index (κ3) is 3.36. The van der Waals surface area contributed by atoms with Crippen molar-refractivity contribution < 1.29 is 9.63 Å². The van der Waals surface area contributed by atoms with E-state index >= 15 is 0 Å². The number of benzene rings is 1. The molecule has 0 radical (unpaired) electrons. The second-order valence-corrected chi connectivity index (χ2v) is 6.22. The maximum absolute atomic E-state index is 9.64. The summed E-state index contributed by atoms with van der Waals surface area (Å²) in [7, 11) is 0. The van der Waals surface area contributed by atoms with Gasteiger partial charge < -0.3 is 19.8 Å². The Morgan fingerprint density at radius 2 is 2.12 bits per heavy atom. The van der Waals surface area contributed by atoms with E-state index in [0.717, 1.165) is 54.3 Å². The molecule has 0 aliphatic carbocycles. The van der Waals surface area contributed by atoms with E-state index in [-0.39, 0.29) is 6.10 Å². The summed E-state index contributed by atoms with van der Waals surface area (Å²) in [5.74, 6) is 0.809. The normalized spacial score (nSPS) is 15.3. The van der Waals surface area contributed by atoms with Crippen LogP contribution in [0.15, 0.2) is 22.7 Å². The molecule has 126 valence electrons. The molecule has 6 nitrogen and oxygen atoms in total. The average molecular weight is 326 g/mol. The number of rotatable bonds is 4. The Kier molecular flexibility index (Phi) is 4.72. The number of nitrogens with zero attached hydrogens (tertiary/aromatic N) is 3. The monoisotopic (exact) mass is 326 g/mol. The summed E-state index contributed by atoms with van der Waals surface area (Å²) in [5, 5.41) is 26.4. The Labute approximate surface area is 141 Å². The smallest absolute Gasteiger partial charge is 0.138 e. The van der Waals surface area contributed by atoms with Crippen LogP contribution in [0.5, 0.6) is 0 Å². The molecule has 1 aliphatic heterocycles. The molecule has 0 bridgehead atoms. The number of hydrogen-bond acceptors (Lipinski definition) is 6. The number of aryl methyl sites for hydroxylation is 2. The Morgan fingerprint density at radius 3 is 2.75 bits per heavy atom. The van der Waals surface area contributed by atoms with E-state index < -0.39 is 0 Å². The summed E-state index contributed by atoms with van der Waals surface area (Å²) in [5.41, 5.74) is 4.40. The molecule has 1 aromatic carbocycles. The van der Waals surface area contributed by atoms with E-state index in [1.807, 2.05) is 32.0 Å². The van der Waals surface area contributed by atoms with Crippen molar-refractivity contribution in [1.29, 1.82) is 5.26 Å². The number of piperidine rings is 1. The molecule has 3 rings (SSSR count). The van der Waals surface area contributed by atoms with Crippen molar-refractivity contribution in [3.63, 3.8) is 0 Å². The first-order chi connectivity index (χ1) is 11.6. The first-order valence-electron chi connectivity index (χ1n) is 8.21. The summed E-state index contributed by atoms with van der Waals surface area (Å²) in [6.45, 7) is 5.98. The first-order valence-corrected chi connectivity index (χ1v) is 8.21. The van der Waals surface area contributed by atoms with Crippen molar-refractivity contribution in [1.82, 2.24) is 5.16 Å². The quantitative estimate of drug-likeness (QED) is 0.898. The number of anilines is 2. The fourth-order valence-corrected chi connectivity index (χ4v) is 3.06. The maximum Gasteiger partial charge on any atom is 0.138 e. The van der Waals surface area contributed by atoms with Crippen LogP contribution in [0.4, 0.5) is 11.4 Å². The van der Waals surface area contributed by atoms with Gasteiger partial charge in [0.25, 0.3) is 0 Å². The Hall–Kier alpha value is -2.52. The lowest BCUT2D eigenvalue weighted by atomic mass is 10.0. The molecule has 0 atom stereocenters. The summed E-state index contributed by atoms with van der Waals surface area (Å²) in [4.78, 5) is 2.17. The molecule has 2 heterocycles. The fourth-order valence-electron chi connectivity index (χ4n) is 3.06. The molecule has 0 amide bonds. The van der Waals surface area contributed by atoms with Crippen molar-refractivity contribution in [2.75, 3.05) is 23.3 Å². The lowest BCUT2D eigenvalue weighted by Gasteiger charge is -2.32. The van der Waals surface area contributed by atoms with Gasteiger partial charge in [-0.15, -0.1) is 0 Å². The highest BCUT2D eigenvalue weighted by Crippen LogP contribution is 2.27. The molecule has 0 saturated carbocycles. The van der Waals surface area contributed by atoms with Crippen molar-refractivity contribution >= 4 is 11.4 Å². The third-order valence-corrected chi connectivity index (χ3v) is 4.57. The van der Waals surface area contributed by atoms with Gasteiger partial charge in [-0.1, -0.05) is 5.16 Å². The van der Waals surface area contributed by atoms with E-state index in [0.29, 0.717) is 12.1 Å². The summed E-state index contributed by atoms with van der Waals surface area (Å²) < 4.78 is 5.17. The van der Waals surface area contributed by atoms with Gasteiger partial charge in [0.1, 0.15) is 11.8 Å². The van der Waals surface area contributed by atoms with Crippen LogP contribution in [0.3, 0.4) is 0 Å². The summed E-state index contributed by atoms with van der Waals surface area (Å²) >= 11 is 0. The van der Waals surface area contributed by atoms with Gasteiger partial charge in [-0.2, -0.15) is 5.26 Å². The standard InChI is InChI=1S/C18H22N4O2/c1-12-17(13(2)24-21-12)11-20-15-3-4-18(14(9-15)10-19)22-7-5-16(23)6-8-22/h3-4,9,16,20,23H,5-8,11H2,1-2H3. The minimum atomic E-state index is -0.220. The van der Waals surface area contributed by atoms with Crippen LogP contribution in [0, 0.1) is 25.2 Å². The molecular weight excluding hydrogens is 304 g/mol. The van der Waals surface area contributed by atoms with E-state index in [1.165, 1.54) is 0 Å². The number of nitrogens with one attached hydrogen (secondary N) is 1. The molecule has 0 spiro atoms. The van der Waals surface area contributed by atoms with Crippen molar-refractivity contribution in [3.05, 3.63) is 40.8 Å². The van der Waals surface area contributed by atoms with Crippen molar-refractivity contribution in [2.45, 2.75) is 39.3 Å². The molecule has 2 aromatic rings. The SMILES string of the molecule is Cc1noc(C)c1CNc1ccc(N2CCC(O)CC2)c(C#N)c1. The molecule has 0 unspecified atom stereocenters. The Balaban J connectivity index is 1.73. The van der Waals surface area contributed by atoms with Gasteiger partial charge in [-0.25, -0.2) is 0 Å². The van der Waals surface area contributed by atoms with Crippen LogP contribution in [-0.4, -0.2) is 29.5 Å². The van der Waals surface area contributed by atoms with Crippen molar-refractivity contribution in [3.8, 4) is 6.07 Å². The van der Waals surface area contributed by atoms with Gasteiger partial charge in [-0.3, -0.25) is 0 Å². The molecule has 6 heteroatoms. The van der Waals surface area contributed by atoms with Gasteiger partial charge in [-0.05, 0) is 44.9 Å². The van der Waals surface area contributed by atoms with Crippen LogP contribution in [0.25, 0.3) is 0 Å². The fraction of sp³-hybridized carbons (Fsp3) is 0.444. The summed E-state index contributed by atoms with van der Waals surface area (Å²) in [6.07, 6.45) is 1.27. The number of nitriles is 1. The van der Waals surface area contributed by atoms with Crippen LogP contribution in [0.1, 0.15) is 35.4 Å². The highest BCUT2D eigenvalue weighted by atomic mass is 16.5. The topological polar surface area (TPSA) is 85.3 Å². The minimum Gasteiger partial charge on any atom is -0.393 e. The van der Waals surface area contributed by atoms with E-state index in [1.54, 1.807) is 0 Å². The zero-order valence-electron chi connectivity index (χ0n) is 14.0. The number of aliphatic hydroxyl groups is 1. The molecule has 24 heavy (non-hydrogen) atoms. The zero-order chi connectivity index (χ0) is 17.1. The zero-order valence-corrected chi connectivity index (χ0v) is 14.0. The number of hydrogen-bond donors (Lipinski definition) is 2. The highest BCUT2D eigenvalue weighted by molar-refractivity contribution is 5.65. The van der Waals surface area contributed by atoms with Gasteiger partial charge in [0.15, 0.2) is 0 Å². The van der Waals surface area contributed by atoms with Crippen LogP contribution >= 0.6 is 0 Å². The largest absolute Gasteiger partial charge is 0.393 e. The maximum atomic E-state index is 9.64. The number of aromatic nitrogens is 1. The first kappa shape index (κ1) is 16.3. The van der Waals surface area contributed by atoms with E-state index in [9.17, 15) is 10.4 Å². The van der Waals surface area contributed by atoms with Gasteiger partial charge in [0.2, 0.25) is 0 Å². The molecule has 1 fully saturated rings. The van der Waals surface area contributed by atoms with E-state index in [4.69, 9.17) is 4.52 Å². The molecule has 1 saturated heterocycles. The lowest BCUT2D eigenvalue weighted by molar-refractivity contribution is 0.145. The predicted octanol–water partition coefficient (Wildman–Crippen LogP) is 2.74. The minimum absolute atomic E-state index is 0.220. The Bertz CT molecular complexity index is 735. The number of aliphatic hydroxyl groups excluding tert-OH is 1. The lowest BCUT2D eigenvalue weighted by Crippen LogP contribution is -2.36. The van der Waals surface area contributed by atoms with Crippen LogP contribution < -0.4 is 10.2 Å². The second kappa shape index (κ2) is 6.93. The molecule has 1 aromatic heterocycles. The molecular formula is C18H22N4O2. The van der Waals surface area contributed by atoms with Gasteiger partial charge in [0.05, 0.1) is 23.0 Å². The van der Waals surface area contributed by atoms with Gasteiger partial charge in [0, 0.05) is 30.9 Å². The molecule has 1 aliphatic rings. The highest BCUT2D eigenvalue weighted by Gasteiger charge is 2.19. The second-order valence-electron chi connectivity index (χ2n) is 6.22. The van der Waals surface area contributed by atoms with E-state index in [2.05, 4.69) is 21.4 Å². The Morgan fingerprint density at radius 1 is 1.38 bits per heavy atom.